The summed E-state index contributed by atoms with van der Waals surface area (Å²) in [7, 11) is 0. The van der Waals surface area contributed by atoms with Gasteiger partial charge in [0.05, 0.1) is 6.10 Å². The number of carboxylic acid groups (broad SMARTS) is 1. The summed E-state index contributed by atoms with van der Waals surface area (Å²) in [6, 6.07) is 8.65. The van der Waals surface area contributed by atoms with Crippen molar-refractivity contribution in [3.05, 3.63) is 47.5 Å². The van der Waals surface area contributed by atoms with Gasteiger partial charge in [0, 0.05) is 11.8 Å². The van der Waals surface area contributed by atoms with E-state index in [0.29, 0.717) is 17.8 Å². The third-order valence-electron chi connectivity index (χ3n) is 15.2. The maximum atomic E-state index is 14.0. The Hall–Kier alpha value is -2.14. The smallest absolute Gasteiger partial charge is 0.326 e. The van der Waals surface area contributed by atoms with Crippen LogP contribution in [0.1, 0.15) is 118 Å². The minimum absolute atomic E-state index is 0.0583. The first kappa shape index (κ1) is 31.8. The van der Waals surface area contributed by atoms with Gasteiger partial charge in [0.1, 0.15) is 6.04 Å². The summed E-state index contributed by atoms with van der Waals surface area (Å²) in [6.07, 6.45) is 13.1. The Kier molecular flexibility index (Phi) is 7.55. The molecule has 5 nitrogen and oxygen atoms in total. The molecule has 0 spiro atoms. The van der Waals surface area contributed by atoms with E-state index in [1.807, 2.05) is 30.3 Å². The number of nitrogens with one attached hydrogen (secondary N) is 1. The van der Waals surface area contributed by atoms with Gasteiger partial charge in [-0.1, -0.05) is 90.4 Å². The number of rotatable bonds is 5. The lowest BCUT2D eigenvalue weighted by Crippen LogP contribution is -2.64. The Morgan fingerprint density at radius 2 is 1.57 bits per heavy atom. The number of allylic oxidation sites excluding steroid dienone is 2. The van der Waals surface area contributed by atoms with Gasteiger partial charge in [-0.2, -0.15) is 0 Å². The molecule has 0 bridgehead atoms. The zero-order chi connectivity index (χ0) is 31.9. The summed E-state index contributed by atoms with van der Waals surface area (Å²) in [5.41, 5.74) is 2.51. The number of benzene rings is 1. The van der Waals surface area contributed by atoms with Gasteiger partial charge in [0.2, 0.25) is 5.91 Å². The number of amides is 1. The highest BCUT2D eigenvalue weighted by molar-refractivity contribution is 5.87. The molecule has 0 heterocycles. The second kappa shape index (κ2) is 10.4. The lowest BCUT2D eigenvalue weighted by Gasteiger charge is -2.71. The highest BCUT2D eigenvalue weighted by Crippen LogP contribution is 2.75. The summed E-state index contributed by atoms with van der Waals surface area (Å²) in [4.78, 5) is 26.3. The monoisotopic (exact) mass is 603 g/mol. The second-order valence-corrected chi connectivity index (χ2v) is 17.7. The number of hydrogen-bond acceptors (Lipinski definition) is 3. The summed E-state index contributed by atoms with van der Waals surface area (Å²) in [5.74, 6) is 0.367. The van der Waals surface area contributed by atoms with E-state index in [1.165, 1.54) is 25.7 Å². The topological polar surface area (TPSA) is 86.6 Å². The zero-order valence-corrected chi connectivity index (χ0v) is 28.3. The minimum Gasteiger partial charge on any atom is -0.480 e. The SMILES string of the molecule is CC1(C)[C@@H](O)CC[C@]2(C)[C@H]3CC=C4[C@@H]5C[C@@](C)(C(=O)NC(Cc6ccccc6)C(=O)O)CC[C@]5(C)CC[C@@]4(C)[C@]3(C)CC[C@@H]12. The molecule has 10 atom stereocenters. The quantitative estimate of drug-likeness (QED) is 0.298. The first-order valence-electron chi connectivity index (χ1n) is 17.5. The largest absolute Gasteiger partial charge is 0.480 e. The van der Waals surface area contributed by atoms with Gasteiger partial charge < -0.3 is 15.5 Å². The van der Waals surface area contributed by atoms with E-state index < -0.39 is 17.4 Å². The molecule has 1 unspecified atom stereocenters. The molecular formula is C39H57NO4. The van der Waals surface area contributed by atoms with Gasteiger partial charge in [-0.3, -0.25) is 4.79 Å². The van der Waals surface area contributed by atoms with Crippen LogP contribution in [0.2, 0.25) is 0 Å². The molecule has 5 aliphatic carbocycles. The number of aliphatic hydroxyl groups excluding tert-OH is 1. The average molecular weight is 604 g/mol. The average Bonchev–Trinajstić information content (AvgIpc) is 2.96. The molecule has 0 aliphatic heterocycles. The van der Waals surface area contributed by atoms with Crippen molar-refractivity contribution < 1.29 is 19.8 Å². The molecule has 5 heteroatoms. The van der Waals surface area contributed by atoms with Crippen LogP contribution in [0, 0.1) is 50.2 Å². The number of aliphatic hydroxyl groups is 1. The van der Waals surface area contributed by atoms with Crippen molar-refractivity contribution in [1.29, 1.82) is 0 Å². The van der Waals surface area contributed by atoms with Crippen molar-refractivity contribution in [2.75, 3.05) is 0 Å². The molecule has 4 fully saturated rings. The fourth-order valence-electron chi connectivity index (χ4n) is 11.9. The maximum absolute atomic E-state index is 14.0. The van der Waals surface area contributed by atoms with E-state index in [0.717, 1.165) is 44.1 Å². The van der Waals surface area contributed by atoms with Crippen LogP contribution in [-0.2, 0) is 16.0 Å². The molecule has 0 aromatic heterocycles. The summed E-state index contributed by atoms with van der Waals surface area (Å²) in [5, 5.41) is 24.0. The molecule has 3 N–H and O–H groups in total. The van der Waals surface area contributed by atoms with E-state index in [9.17, 15) is 19.8 Å². The Balaban J connectivity index is 1.28. The zero-order valence-electron chi connectivity index (χ0n) is 28.3. The van der Waals surface area contributed by atoms with Crippen LogP contribution in [0.5, 0.6) is 0 Å². The molecule has 5 aliphatic rings. The molecule has 1 amide bonds. The van der Waals surface area contributed by atoms with Crippen LogP contribution in [0.25, 0.3) is 0 Å². The van der Waals surface area contributed by atoms with Crippen molar-refractivity contribution in [3.63, 3.8) is 0 Å². The van der Waals surface area contributed by atoms with Crippen LogP contribution >= 0.6 is 0 Å². The van der Waals surface area contributed by atoms with Crippen LogP contribution < -0.4 is 5.32 Å². The number of fused-ring (bicyclic) bond motifs is 7. The lowest BCUT2D eigenvalue weighted by atomic mass is 9.33. The van der Waals surface area contributed by atoms with Crippen LogP contribution in [0.15, 0.2) is 42.0 Å². The number of carbonyl (C=O) groups is 2. The standard InChI is InChI=1S/C39H57NO4/c1-34(2)29-15-18-39(7)30(37(29,5)17-16-31(34)41)14-13-26-27-24-36(4,20-19-35(27,3)21-22-38(26,39)6)33(44)40-28(32(42)43)23-25-11-9-8-10-12-25/h8-13,27-31,41H,14-24H2,1-7H3,(H,40,44)(H,42,43)/t27-,28?,29-,30+,31-,35+,36-,37-,38+,39+/m0/s1. The van der Waals surface area contributed by atoms with Gasteiger partial charge in [0.15, 0.2) is 0 Å². The van der Waals surface area contributed by atoms with Crippen molar-refractivity contribution in [2.24, 2.45) is 50.2 Å². The lowest BCUT2D eigenvalue weighted by molar-refractivity contribution is -0.203. The van der Waals surface area contributed by atoms with Crippen molar-refractivity contribution in [1.82, 2.24) is 5.32 Å². The van der Waals surface area contributed by atoms with Crippen LogP contribution in [-0.4, -0.2) is 34.2 Å². The van der Waals surface area contributed by atoms with E-state index in [2.05, 4.69) is 59.9 Å². The highest BCUT2D eigenvalue weighted by atomic mass is 16.4. The number of aliphatic carboxylic acids is 1. The number of carbonyl (C=O) groups excluding carboxylic acids is 1. The fourth-order valence-corrected chi connectivity index (χ4v) is 11.9. The van der Waals surface area contributed by atoms with Gasteiger partial charge in [-0.25, -0.2) is 4.79 Å². The predicted octanol–water partition coefficient (Wildman–Crippen LogP) is 7.96. The summed E-state index contributed by atoms with van der Waals surface area (Å²) < 4.78 is 0. The molecule has 6 rings (SSSR count). The van der Waals surface area contributed by atoms with E-state index in [4.69, 9.17) is 0 Å². The van der Waals surface area contributed by atoms with Gasteiger partial charge in [0.25, 0.3) is 0 Å². The summed E-state index contributed by atoms with van der Waals surface area (Å²) >= 11 is 0. The van der Waals surface area contributed by atoms with Gasteiger partial charge >= 0.3 is 5.97 Å². The van der Waals surface area contributed by atoms with Gasteiger partial charge in [-0.05, 0) is 115 Å². The highest BCUT2D eigenvalue weighted by Gasteiger charge is 2.68. The van der Waals surface area contributed by atoms with Crippen LogP contribution in [0.4, 0.5) is 0 Å². The van der Waals surface area contributed by atoms with Crippen LogP contribution in [0.3, 0.4) is 0 Å². The molecule has 0 saturated heterocycles. The first-order valence-corrected chi connectivity index (χ1v) is 17.5. The van der Waals surface area contributed by atoms with Crippen molar-refractivity contribution in [2.45, 2.75) is 131 Å². The molecule has 0 radical (unpaired) electrons. The third-order valence-corrected chi connectivity index (χ3v) is 15.2. The summed E-state index contributed by atoms with van der Waals surface area (Å²) in [6.45, 7) is 16.9. The molecule has 4 saturated carbocycles. The fraction of sp³-hybridized carbons (Fsp3) is 0.744. The Morgan fingerprint density at radius 1 is 0.886 bits per heavy atom. The molecule has 1 aromatic rings. The molecular weight excluding hydrogens is 546 g/mol. The van der Waals surface area contributed by atoms with Gasteiger partial charge in [-0.15, -0.1) is 0 Å². The maximum Gasteiger partial charge on any atom is 0.326 e. The van der Waals surface area contributed by atoms with E-state index in [-0.39, 0.29) is 45.5 Å². The predicted molar refractivity (Wildman–Crippen MR) is 175 cm³/mol. The Morgan fingerprint density at radius 3 is 2.25 bits per heavy atom. The molecule has 242 valence electrons. The normalized spacial score (nSPS) is 45.0. The Bertz CT molecular complexity index is 1340. The number of carboxylic acids is 1. The van der Waals surface area contributed by atoms with E-state index >= 15 is 0 Å². The van der Waals surface area contributed by atoms with Crippen molar-refractivity contribution >= 4 is 11.9 Å². The Labute approximate surface area is 265 Å². The van der Waals surface area contributed by atoms with Crippen molar-refractivity contribution in [3.8, 4) is 0 Å². The second-order valence-electron chi connectivity index (χ2n) is 17.7. The molecule has 44 heavy (non-hydrogen) atoms. The molecule has 1 aromatic carbocycles. The van der Waals surface area contributed by atoms with E-state index in [1.54, 1.807) is 5.57 Å². The third kappa shape index (κ3) is 4.56. The minimum atomic E-state index is -0.979. The number of hydrogen-bond donors (Lipinski definition) is 3. The first-order chi connectivity index (χ1) is 20.5.